The molecule has 26 heavy (non-hydrogen) atoms. The van der Waals surface area contributed by atoms with E-state index in [1.807, 2.05) is 19.2 Å². The largest absolute Gasteiger partial charge is 0.462 e. The molecule has 3 rings (SSSR count). The number of aromatic nitrogens is 1. The highest BCUT2D eigenvalue weighted by Crippen LogP contribution is 2.33. The predicted octanol–water partition coefficient (Wildman–Crippen LogP) is 3.35. The van der Waals surface area contributed by atoms with Gasteiger partial charge in [0.1, 0.15) is 5.00 Å². The molecular formula is C17H22N4O3S2. The van der Waals surface area contributed by atoms with Gasteiger partial charge in [0.05, 0.1) is 12.2 Å². The number of carbonyl (C=O) groups excluding carboxylic acids is 2. The Labute approximate surface area is 160 Å². The summed E-state index contributed by atoms with van der Waals surface area (Å²) in [6.45, 7) is 8.60. The van der Waals surface area contributed by atoms with E-state index in [1.165, 1.54) is 11.3 Å². The van der Waals surface area contributed by atoms with Crippen LogP contribution in [0, 0.1) is 13.8 Å². The molecule has 0 atom stereocenters. The molecular weight excluding hydrogens is 372 g/mol. The summed E-state index contributed by atoms with van der Waals surface area (Å²) in [5.74, 6) is -0.391. The number of anilines is 2. The van der Waals surface area contributed by atoms with E-state index in [1.54, 1.807) is 29.4 Å². The second kappa shape index (κ2) is 8.05. The fourth-order valence-corrected chi connectivity index (χ4v) is 4.55. The number of ether oxygens (including phenoxy) is 1. The SMILES string of the molecule is CCOC(=O)c1c(NC(=O)N2CCN(c3nccs3)CC2)sc(C)c1C. The molecule has 0 aliphatic carbocycles. The molecule has 1 aliphatic rings. The van der Waals surface area contributed by atoms with Gasteiger partial charge in [-0.3, -0.25) is 5.32 Å². The maximum absolute atomic E-state index is 12.7. The molecule has 0 spiro atoms. The van der Waals surface area contributed by atoms with Crippen molar-refractivity contribution in [1.29, 1.82) is 0 Å². The Bertz CT molecular complexity index is 780. The Hall–Kier alpha value is -2.13. The smallest absolute Gasteiger partial charge is 0.341 e. The van der Waals surface area contributed by atoms with Crippen molar-refractivity contribution in [2.75, 3.05) is 43.0 Å². The molecule has 2 amide bonds. The number of rotatable bonds is 4. The minimum Gasteiger partial charge on any atom is -0.462 e. The second-order valence-corrected chi connectivity index (χ2v) is 8.02. The van der Waals surface area contributed by atoms with Crippen molar-refractivity contribution in [3.05, 3.63) is 27.6 Å². The summed E-state index contributed by atoms with van der Waals surface area (Å²) < 4.78 is 5.14. The molecule has 1 N–H and O–H groups in total. The van der Waals surface area contributed by atoms with Crippen molar-refractivity contribution >= 4 is 44.8 Å². The van der Waals surface area contributed by atoms with E-state index >= 15 is 0 Å². The van der Waals surface area contributed by atoms with Gasteiger partial charge in [0.15, 0.2) is 5.13 Å². The number of nitrogens with zero attached hydrogens (tertiary/aromatic N) is 3. The highest BCUT2D eigenvalue weighted by atomic mass is 32.1. The number of aryl methyl sites for hydroxylation is 1. The van der Waals surface area contributed by atoms with Gasteiger partial charge in [-0.2, -0.15) is 0 Å². The van der Waals surface area contributed by atoms with Crippen LogP contribution in [-0.2, 0) is 4.74 Å². The van der Waals surface area contributed by atoms with Gasteiger partial charge in [-0.15, -0.1) is 22.7 Å². The van der Waals surface area contributed by atoms with Gasteiger partial charge in [-0.1, -0.05) is 0 Å². The Morgan fingerprint density at radius 3 is 2.62 bits per heavy atom. The predicted molar refractivity (Wildman–Crippen MR) is 105 cm³/mol. The third kappa shape index (κ3) is 3.83. The first kappa shape index (κ1) is 18.7. The zero-order chi connectivity index (χ0) is 18.7. The Balaban J connectivity index is 1.65. The van der Waals surface area contributed by atoms with Gasteiger partial charge < -0.3 is 14.5 Å². The average Bonchev–Trinajstić information content (AvgIpc) is 3.24. The summed E-state index contributed by atoms with van der Waals surface area (Å²) in [6.07, 6.45) is 1.79. The van der Waals surface area contributed by atoms with Gasteiger partial charge in [0.2, 0.25) is 0 Å². The van der Waals surface area contributed by atoms with E-state index in [0.717, 1.165) is 28.7 Å². The molecule has 0 radical (unpaired) electrons. The van der Waals surface area contributed by atoms with Crippen molar-refractivity contribution in [1.82, 2.24) is 9.88 Å². The molecule has 1 saturated heterocycles. The van der Waals surface area contributed by atoms with Crippen LogP contribution in [0.15, 0.2) is 11.6 Å². The van der Waals surface area contributed by atoms with Crippen molar-refractivity contribution in [3.8, 4) is 0 Å². The van der Waals surface area contributed by atoms with E-state index in [9.17, 15) is 9.59 Å². The summed E-state index contributed by atoms with van der Waals surface area (Å²) >= 11 is 3.01. The molecule has 0 unspecified atom stereocenters. The number of amides is 2. The van der Waals surface area contributed by atoms with Crippen LogP contribution >= 0.6 is 22.7 Å². The first-order chi connectivity index (χ1) is 12.5. The van der Waals surface area contributed by atoms with Crippen molar-refractivity contribution < 1.29 is 14.3 Å². The summed E-state index contributed by atoms with van der Waals surface area (Å²) in [7, 11) is 0. The van der Waals surface area contributed by atoms with E-state index in [2.05, 4.69) is 15.2 Å². The number of hydrogen-bond donors (Lipinski definition) is 1. The van der Waals surface area contributed by atoms with Crippen molar-refractivity contribution in [2.24, 2.45) is 0 Å². The number of carbonyl (C=O) groups is 2. The minimum absolute atomic E-state index is 0.185. The maximum atomic E-state index is 12.7. The molecule has 7 nitrogen and oxygen atoms in total. The number of esters is 1. The Morgan fingerprint density at radius 2 is 2.00 bits per heavy atom. The molecule has 140 valence electrons. The Morgan fingerprint density at radius 1 is 1.27 bits per heavy atom. The third-order valence-electron chi connectivity index (χ3n) is 4.34. The molecule has 3 heterocycles. The van der Waals surface area contributed by atoms with E-state index in [-0.39, 0.29) is 6.03 Å². The molecule has 0 saturated carbocycles. The highest BCUT2D eigenvalue weighted by molar-refractivity contribution is 7.16. The molecule has 2 aromatic rings. The lowest BCUT2D eigenvalue weighted by atomic mass is 10.1. The lowest BCUT2D eigenvalue weighted by Crippen LogP contribution is -2.50. The van der Waals surface area contributed by atoms with Crippen molar-refractivity contribution in [2.45, 2.75) is 20.8 Å². The third-order valence-corrected chi connectivity index (χ3v) is 6.30. The molecule has 2 aromatic heterocycles. The summed E-state index contributed by atoms with van der Waals surface area (Å²) in [4.78, 5) is 34.1. The number of nitrogens with one attached hydrogen (secondary N) is 1. The van der Waals surface area contributed by atoms with Gasteiger partial charge in [-0.05, 0) is 26.3 Å². The van der Waals surface area contributed by atoms with E-state index in [0.29, 0.717) is 30.3 Å². The lowest BCUT2D eigenvalue weighted by Gasteiger charge is -2.34. The van der Waals surface area contributed by atoms with Crippen LogP contribution in [0.5, 0.6) is 0 Å². The summed E-state index contributed by atoms with van der Waals surface area (Å²) in [6, 6.07) is -0.185. The van der Waals surface area contributed by atoms with Crippen LogP contribution in [0.3, 0.4) is 0 Å². The van der Waals surface area contributed by atoms with Crippen molar-refractivity contribution in [3.63, 3.8) is 0 Å². The first-order valence-corrected chi connectivity index (χ1v) is 10.2. The zero-order valence-corrected chi connectivity index (χ0v) is 16.7. The van der Waals surface area contributed by atoms with Crippen LogP contribution < -0.4 is 10.2 Å². The number of piperazine rings is 1. The summed E-state index contributed by atoms with van der Waals surface area (Å²) in [5, 5.41) is 6.40. The van der Waals surface area contributed by atoms with E-state index in [4.69, 9.17) is 4.74 Å². The maximum Gasteiger partial charge on any atom is 0.341 e. The second-order valence-electron chi connectivity index (χ2n) is 5.93. The normalized spacial score (nSPS) is 14.4. The van der Waals surface area contributed by atoms with Crippen LogP contribution in [0.4, 0.5) is 14.9 Å². The quantitative estimate of drug-likeness (QED) is 0.805. The fraction of sp³-hybridized carbons (Fsp3) is 0.471. The van der Waals surface area contributed by atoms with Crippen LogP contribution in [-0.4, -0.2) is 54.7 Å². The Kier molecular flexibility index (Phi) is 5.77. The number of urea groups is 1. The molecule has 1 fully saturated rings. The van der Waals surface area contributed by atoms with E-state index < -0.39 is 5.97 Å². The number of thiophene rings is 1. The standard InChI is InChI=1S/C17H22N4O3S2/c1-4-24-15(22)13-11(2)12(3)26-14(13)19-16(23)20-6-8-21(9-7-20)17-18-5-10-25-17/h5,10H,4,6-9H2,1-3H3,(H,19,23). The average molecular weight is 395 g/mol. The number of hydrogen-bond acceptors (Lipinski definition) is 7. The fourth-order valence-electron chi connectivity index (χ4n) is 2.81. The molecule has 9 heteroatoms. The highest BCUT2D eigenvalue weighted by Gasteiger charge is 2.26. The molecule has 1 aliphatic heterocycles. The van der Waals surface area contributed by atoms with Crippen LogP contribution in [0.1, 0.15) is 27.7 Å². The first-order valence-electron chi connectivity index (χ1n) is 8.48. The molecule has 0 bridgehead atoms. The topological polar surface area (TPSA) is 74.8 Å². The van der Waals surface area contributed by atoms with Gasteiger partial charge >= 0.3 is 12.0 Å². The number of thiazole rings is 1. The lowest BCUT2D eigenvalue weighted by molar-refractivity contribution is 0.0527. The zero-order valence-electron chi connectivity index (χ0n) is 15.1. The monoisotopic (exact) mass is 394 g/mol. The minimum atomic E-state index is -0.391. The van der Waals surface area contributed by atoms with Crippen LogP contribution in [0.2, 0.25) is 0 Å². The van der Waals surface area contributed by atoms with Crippen LogP contribution in [0.25, 0.3) is 0 Å². The van der Waals surface area contributed by atoms with Gasteiger partial charge in [0.25, 0.3) is 0 Å². The van der Waals surface area contributed by atoms with Gasteiger partial charge in [0, 0.05) is 42.6 Å². The summed E-state index contributed by atoms with van der Waals surface area (Å²) in [5.41, 5.74) is 1.32. The molecule has 0 aromatic carbocycles. The van der Waals surface area contributed by atoms with Gasteiger partial charge in [-0.25, -0.2) is 14.6 Å².